The van der Waals surface area contributed by atoms with Crippen LogP contribution in [-0.4, -0.2) is 35.1 Å². The van der Waals surface area contributed by atoms with E-state index in [2.05, 4.69) is 42.9 Å². The molecule has 2 atom stereocenters. The predicted molar refractivity (Wildman–Crippen MR) is 73.5 cm³/mol. The Kier molecular flexibility index (Phi) is 4.17. The lowest BCUT2D eigenvalue weighted by Crippen LogP contribution is -2.37. The number of aryl methyl sites for hydroxylation is 1. The number of hydrogen-bond donors (Lipinski definition) is 1. The standard InChI is InChI=1S/C13H23N3S/c1-9(2)15-12-5-6-16(8-12)11(4)13-14-7-10(3)17-13/h7,9,11-12,15H,5-6,8H2,1-4H3. The number of aromatic nitrogens is 1. The van der Waals surface area contributed by atoms with Crippen molar-refractivity contribution in [3.05, 3.63) is 16.1 Å². The van der Waals surface area contributed by atoms with E-state index in [0.717, 1.165) is 6.54 Å². The molecule has 1 aromatic heterocycles. The summed E-state index contributed by atoms with van der Waals surface area (Å²) in [4.78, 5) is 8.35. The first-order valence-corrected chi connectivity index (χ1v) is 7.30. The number of hydrogen-bond acceptors (Lipinski definition) is 4. The van der Waals surface area contributed by atoms with Gasteiger partial charge in [0, 0.05) is 36.2 Å². The second kappa shape index (κ2) is 5.46. The zero-order valence-corrected chi connectivity index (χ0v) is 12.0. The van der Waals surface area contributed by atoms with Gasteiger partial charge < -0.3 is 5.32 Å². The summed E-state index contributed by atoms with van der Waals surface area (Å²) in [6, 6.07) is 1.70. The van der Waals surface area contributed by atoms with E-state index >= 15 is 0 Å². The largest absolute Gasteiger partial charge is 0.310 e. The minimum absolute atomic E-state index is 0.465. The predicted octanol–water partition coefficient (Wildman–Crippen LogP) is 2.58. The highest BCUT2D eigenvalue weighted by atomic mass is 32.1. The summed E-state index contributed by atoms with van der Waals surface area (Å²) in [5.41, 5.74) is 0. The van der Waals surface area contributed by atoms with Crippen molar-refractivity contribution in [2.24, 2.45) is 0 Å². The van der Waals surface area contributed by atoms with Gasteiger partial charge >= 0.3 is 0 Å². The van der Waals surface area contributed by atoms with Crippen LogP contribution in [0.5, 0.6) is 0 Å². The summed E-state index contributed by atoms with van der Waals surface area (Å²) in [7, 11) is 0. The molecule has 0 radical (unpaired) electrons. The van der Waals surface area contributed by atoms with E-state index in [1.54, 1.807) is 0 Å². The van der Waals surface area contributed by atoms with Gasteiger partial charge in [-0.15, -0.1) is 11.3 Å². The molecule has 3 nitrogen and oxygen atoms in total. The molecule has 1 aliphatic heterocycles. The molecule has 2 rings (SSSR count). The first-order valence-electron chi connectivity index (χ1n) is 6.48. The fourth-order valence-electron chi connectivity index (χ4n) is 2.47. The molecule has 0 aromatic carbocycles. The van der Waals surface area contributed by atoms with E-state index in [1.165, 1.54) is 22.9 Å². The minimum Gasteiger partial charge on any atom is -0.310 e. The second-order valence-corrected chi connectivity index (χ2v) is 6.55. The Morgan fingerprint density at radius 3 is 2.82 bits per heavy atom. The molecule has 17 heavy (non-hydrogen) atoms. The van der Waals surface area contributed by atoms with Gasteiger partial charge in [-0.3, -0.25) is 4.90 Å². The Bertz CT molecular complexity index is 361. The Morgan fingerprint density at radius 2 is 2.24 bits per heavy atom. The molecule has 1 fully saturated rings. The van der Waals surface area contributed by atoms with E-state index in [1.807, 2.05) is 17.5 Å². The molecule has 4 heteroatoms. The summed E-state index contributed by atoms with van der Waals surface area (Å²) in [6.45, 7) is 11.2. The molecule has 1 saturated heterocycles. The Hall–Kier alpha value is -0.450. The van der Waals surface area contributed by atoms with Gasteiger partial charge in [0.15, 0.2) is 0 Å². The third kappa shape index (κ3) is 3.27. The van der Waals surface area contributed by atoms with Crippen LogP contribution in [0.15, 0.2) is 6.20 Å². The van der Waals surface area contributed by atoms with Gasteiger partial charge in [0.05, 0.1) is 6.04 Å². The van der Waals surface area contributed by atoms with Crippen molar-refractivity contribution in [2.45, 2.75) is 52.2 Å². The molecule has 1 aliphatic rings. The van der Waals surface area contributed by atoms with Gasteiger partial charge in [0.25, 0.3) is 0 Å². The lowest BCUT2D eigenvalue weighted by atomic mass is 10.2. The van der Waals surface area contributed by atoms with Crippen LogP contribution in [0.2, 0.25) is 0 Å². The van der Waals surface area contributed by atoms with E-state index in [-0.39, 0.29) is 0 Å². The summed E-state index contributed by atoms with van der Waals surface area (Å²) in [5.74, 6) is 0. The maximum absolute atomic E-state index is 4.50. The zero-order chi connectivity index (χ0) is 12.4. The van der Waals surface area contributed by atoms with Gasteiger partial charge in [-0.2, -0.15) is 0 Å². The van der Waals surface area contributed by atoms with Crippen LogP contribution in [0, 0.1) is 6.92 Å². The van der Waals surface area contributed by atoms with Crippen LogP contribution >= 0.6 is 11.3 Å². The van der Waals surface area contributed by atoms with E-state index in [4.69, 9.17) is 0 Å². The average molecular weight is 253 g/mol. The first kappa shape index (κ1) is 13.0. The quantitative estimate of drug-likeness (QED) is 0.894. The number of likely N-dealkylation sites (tertiary alicyclic amines) is 1. The molecule has 1 N–H and O–H groups in total. The molecular formula is C13H23N3S. The van der Waals surface area contributed by atoms with Gasteiger partial charge in [0.2, 0.25) is 0 Å². The first-order chi connectivity index (χ1) is 8.06. The van der Waals surface area contributed by atoms with Crippen molar-refractivity contribution in [1.82, 2.24) is 15.2 Å². The van der Waals surface area contributed by atoms with Gasteiger partial charge in [-0.05, 0) is 20.3 Å². The van der Waals surface area contributed by atoms with Crippen LogP contribution in [0.25, 0.3) is 0 Å². The van der Waals surface area contributed by atoms with Crippen molar-refractivity contribution in [2.75, 3.05) is 13.1 Å². The minimum atomic E-state index is 0.465. The molecular weight excluding hydrogens is 230 g/mol. The normalized spacial score (nSPS) is 23.5. The van der Waals surface area contributed by atoms with Crippen LogP contribution in [0.1, 0.15) is 43.1 Å². The molecule has 0 bridgehead atoms. The highest BCUT2D eigenvalue weighted by molar-refractivity contribution is 7.11. The van der Waals surface area contributed by atoms with Gasteiger partial charge in [-0.1, -0.05) is 13.8 Å². The van der Waals surface area contributed by atoms with Crippen LogP contribution < -0.4 is 5.32 Å². The summed E-state index contributed by atoms with van der Waals surface area (Å²) in [6.07, 6.45) is 3.24. The van der Waals surface area contributed by atoms with Crippen molar-refractivity contribution in [3.63, 3.8) is 0 Å². The summed E-state index contributed by atoms with van der Waals surface area (Å²) >= 11 is 1.82. The third-order valence-corrected chi connectivity index (χ3v) is 4.42. The van der Waals surface area contributed by atoms with Crippen molar-refractivity contribution in [1.29, 1.82) is 0 Å². The summed E-state index contributed by atoms with van der Waals surface area (Å²) < 4.78 is 0. The molecule has 0 spiro atoms. The van der Waals surface area contributed by atoms with E-state index < -0.39 is 0 Å². The van der Waals surface area contributed by atoms with Crippen molar-refractivity contribution in [3.8, 4) is 0 Å². The lowest BCUT2D eigenvalue weighted by molar-refractivity contribution is 0.253. The Morgan fingerprint density at radius 1 is 1.47 bits per heavy atom. The average Bonchev–Trinajstić information content (AvgIpc) is 2.85. The molecule has 2 heterocycles. The second-order valence-electron chi connectivity index (χ2n) is 5.29. The Labute approximate surface area is 108 Å². The number of nitrogens with zero attached hydrogens (tertiary/aromatic N) is 2. The van der Waals surface area contributed by atoms with Crippen LogP contribution in [0.3, 0.4) is 0 Å². The maximum Gasteiger partial charge on any atom is 0.110 e. The number of rotatable bonds is 4. The van der Waals surface area contributed by atoms with Crippen molar-refractivity contribution < 1.29 is 0 Å². The van der Waals surface area contributed by atoms with Crippen molar-refractivity contribution >= 4 is 11.3 Å². The molecule has 0 aliphatic carbocycles. The molecule has 0 saturated carbocycles. The third-order valence-electron chi connectivity index (χ3n) is 3.33. The van der Waals surface area contributed by atoms with Gasteiger partial charge in [-0.25, -0.2) is 4.98 Å². The Balaban J connectivity index is 1.92. The van der Waals surface area contributed by atoms with Crippen LogP contribution in [-0.2, 0) is 0 Å². The van der Waals surface area contributed by atoms with Crippen LogP contribution in [0.4, 0.5) is 0 Å². The molecule has 2 unspecified atom stereocenters. The highest BCUT2D eigenvalue weighted by Crippen LogP contribution is 2.27. The number of nitrogens with one attached hydrogen (secondary N) is 1. The smallest absolute Gasteiger partial charge is 0.110 e. The van der Waals surface area contributed by atoms with Gasteiger partial charge in [0.1, 0.15) is 5.01 Å². The van der Waals surface area contributed by atoms with E-state index in [0.29, 0.717) is 18.1 Å². The fourth-order valence-corrected chi connectivity index (χ4v) is 3.33. The number of thiazole rings is 1. The monoisotopic (exact) mass is 253 g/mol. The molecule has 0 amide bonds. The summed E-state index contributed by atoms with van der Waals surface area (Å²) in [5, 5.41) is 4.88. The topological polar surface area (TPSA) is 28.2 Å². The lowest BCUT2D eigenvalue weighted by Gasteiger charge is -2.23. The highest BCUT2D eigenvalue weighted by Gasteiger charge is 2.28. The SMILES string of the molecule is Cc1cnc(C(C)N2CCC(NC(C)C)C2)s1. The molecule has 1 aromatic rings. The maximum atomic E-state index is 4.50. The molecule has 96 valence electrons. The fraction of sp³-hybridized carbons (Fsp3) is 0.769. The zero-order valence-electron chi connectivity index (χ0n) is 11.2. The van der Waals surface area contributed by atoms with E-state index in [9.17, 15) is 0 Å².